The van der Waals surface area contributed by atoms with Crippen LogP contribution in [-0.4, -0.2) is 69.2 Å². The molecule has 0 radical (unpaired) electrons. The number of rotatable bonds is 4. The van der Waals surface area contributed by atoms with Gasteiger partial charge in [-0.3, -0.25) is 0 Å². The van der Waals surface area contributed by atoms with Gasteiger partial charge in [-0.1, -0.05) is 0 Å². The molecule has 0 amide bonds. The molecule has 2 aliphatic heterocycles. The molecule has 2 heterocycles. The first-order valence-electron chi connectivity index (χ1n) is 6.48. The van der Waals surface area contributed by atoms with Gasteiger partial charge in [0.25, 0.3) is 0 Å². The summed E-state index contributed by atoms with van der Waals surface area (Å²) in [4.78, 5) is 2.17. The molecule has 2 aliphatic rings. The average molecular weight is 261 g/mol. The maximum atomic E-state index is 12.1. The Bertz CT molecular complexity index is 331. The number of nitrogens with zero attached hydrogens (tertiary/aromatic N) is 2. The van der Waals surface area contributed by atoms with Gasteiger partial charge in [-0.25, -0.2) is 8.42 Å². The quantitative estimate of drug-likeness (QED) is 0.755. The smallest absolute Gasteiger partial charge is 0.214 e. The minimum atomic E-state index is -3.03. The minimum Gasteiger partial charge on any atom is -0.314 e. The Morgan fingerprint density at radius 3 is 2.53 bits per heavy atom. The minimum absolute atomic E-state index is 0.300. The Morgan fingerprint density at radius 2 is 1.94 bits per heavy atom. The van der Waals surface area contributed by atoms with Crippen molar-refractivity contribution >= 4 is 10.0 Å². The fraction of sp³-hybridized carbons (Fsp3) is 1.00. The Balaban J connectivity index is 1.81. The second-order valence-corrected chi connectivity index (χ2v) is 7.19. The fourth-order valence-electron chi connectivity index (χ4n) is 2.49. The molecule has 100 valence electrons. The van der Waals surface area contributed by atoms with Crippen LogP contribution in [0, 0.1) is 0 Å². The molecule has 0 aromatic heterocycles. The molecule has 0 bridgehead atoms. The summed E-state index contributed by atoms with van der Waals surface area (Å²) in [5, 5.41) is 3.35. The average Bonchev–Trinajstić information content (AvgIpc) is 2.80. The highest BCUT2D eigenvalue weighted by Gasteiger charge is 2.26. The molecule has 1 N–H and O–H groups in total. The first-order valence-corrected chi connectivity index (χ1v) is 8.08. The molecule has 0 spiro atoms. The molecule has 0 aliphatic carbocycles. The van der Waals surface area contributed by atoms with Gasteiger partial charge < -0.3 is 10.2 Å². The van der Waals surface area contributed by atoms with Gasteiger partial charge in [0, 0.05) is 32.2 Å². The van der Waals surface area contributed by atoms with Crippen molar-refractivity contribution in [3.63, 3.8) is 0 Å². The number of nitrogens with one attached hydrogen (secondary N) is 1. The summed E-state index contributed by atoms with van der Waals surface area (Å²) < 4.78 is 25.9. The molecular weight excluding hydrogens is 238 g/mol. The van der Waals surface area contributed by atoms with Gasteiger partial charge >= 0.3 is 0 Å². The van der Waals surface area contributed by atoms with E-state index in [0.717, 1.165) is 32.5 Å². The number of likely N-dealkylation sites (N-methyl/N-ethyl adjacent to an activating group) is 1. The van der Waals surface area contributed by atoms with Gasteiger partial charge in [-0.2, -0.15) is 4.31 Å². The Morgan fingerprint density at radius 1 is 1.24 bits per heavy atom. The van der Waals surface area contributed by atoms with E-state index in [0.29, 0.717) is 24.9 Å². The van der Waals surface area contributed by atoms with Gasteiger partial charge in [0.15, 0.2) is 0 Å². The SMILES string of the molecule is CN1CCN(S(=O)(=O)CCC2CCCN2)CC1. The van der Waals surface area contributed by atoms with Crippen LogP contribution in [0.4, 0.5) is 0 Å². The van der Waals surface area contributed by atoms with Crippen LogP contribution in [-0.2, 0) is 10.0 Å². The van der Waals surface area contributed by atoms with Crippen molar-refractivity contribution in [1.82, 2.24) is 14.5 Å². The van der Waals surface area contributed by atoms with E-state index in [1.165, 1.54) is 6.42 Å². The van der Waals surface area contributed by atoms with Gasteiger partial charge in [-0.05, 0) is 32.9 Å². The van der Waals surface area contributed by atoms with Crippen LogP contribution in [0.25, 0.3) is 0 Å². The Kier molecular flexibility index (Phi) is 4.41. The van der Waals surface area contributed by atoms with E-state index in [1.54, 1.807) is 4.31 Å². The maximum absolute atomic E-state index is 12.1. The molecule has 17 heavy (non-hydrogen) atoms. The molecule has 2 saturated heterocycles. The van der Waals surface area contributed by atoms with E-state index in [9.17, 15) is 8.42 Å². The van der Waals surface area contributed by atoms with Crippen LogP contribution in [0.1, 0.15) is 19.3 Å². The number of hydrogen-bond donors (Lipinski definition) is 1. The molecule has 2 fully saturated rings. The summed E-state index contributed by atoms with van der Waals surface area (Å²) in [6, 6.07) is 0.414. The highest BCUT2D eigenvalue weighted by molar-refractivity contribution is 7.89. The van der Waals surface area contributed by atoms with E-state index >= 15 is 0 Å². The summed E-state index contributed by atoms with van der Waals surface area (Å²) >= 11 is 0. The monoisotopic (exact) mass is 261 g/mol. The van der Waals surface area contributed by atoms with Crippen molar-refractivity contribution in [2.24, 2.45) is 0 Å². The third-order valence-electron chi connectivity index (χ3n) is 3.74. The summed E-state index contributed by atoms with van der Waals surface area (Å²) in [5.41, 5.74) is 0. The summed E-state index contributed by atoms with van der Waals surface area (Å²) in [7, 11) is -0.993. The largest absolute Gasteiger partial charge is 0.314 e. The van der Waals surface area contributed by atoms with Crippen molar-refractivity contribution in [3.8, 4) is 0 Å². The zero-order chi connectivity index (χ0) is 12.3. The van der Waals surface area contributed by atoms with Crippen molar-refractivity contribution < 1.29 is 8.42 Å². The molecule has 0 saturated carbocycles. The summed E-state index contributed by atoms with van der Waals surface area (Å²) in [6.07, 6.45) is 3.06. The summed E-state index contributed by atoms with van der Waals surface area (Å²) in [5.74, 6) is 0.300. The molecule has 6 heteroatoms. The summed E-state index contributed by atoms with van der Waals surface area (Å²) in [6.45, 7) is 4.04. The van der Waals surface area contributed by atoms with Crippen molar-refractivity contribution in [2.45, 2.75) is 25.3 Å². The van der Waals surface area contributed by atoms with Crippen molar-refractivity contribution in [3.05, 3.63) is 0 Å². The second kappa shape index (κ2) is 5.65. The first-order chi connectivity index (χ1) is 8.08. The van der Waals surface area contributed by atoms with Crippen molar-refractivity contribution in [2.75, 3.05) is 45.5 Å². The lowest BCUT2D eigenvalue weighted by Gasteiger charge is -2.31. The highest BCUT2D eigenvalue weighted by atomic mass is 32.2. The molecule has 1 unspecified atom stereocenters. The van der Waals surface area contributed by atoms with E-state index in [4.69, 9.17) is 0 Å². The van der Waals surface area contributed by atoms with Crippen LogP contribution in [0.3, 0.4) is 0 Å². The number of piperazine rings is 1. The van der Waals surface area contributed by atoms with Crippen LogP contribution in [0.2, 0.25) is 0 Å². The molecule has 1 atom stereocenters. The van der Waals surface area contributed by atoms with E-state index in [-0.39, 0.29) is 0 Å². The third-order valence-corrected chi connectivity index (χ3v) is 5.65. The van der Waals surface area contributed by atoms with Crippen LogP contribution >= 0.6 is 0 Å². The molecule has 5 nitrogen and oxygen atoms in total. The third kappa shape index (κ3) is 3.64. The lowest BCUT2D eigenvalue weighted by molar-refractivity contribution is 0.222. The lowest BCUT2D eigenvalue weighted by atomic mass is 10.2. The Labute approximate surface area is 104 Å². The topological polar surface area (TPSA) is 52.7 Å². The first kappa shape index (κ1) is 13.3. The van der Waals surface area contributed by atoms with Crippen LogP contribution in [0.5, 0.6) is 0 Å². The molecule has 0 aromatic carbocycles. The Hall–Kier alpha value is -0.170. The van der Waals surface area contributed by atoms with E-state index < -0.39 is 10.0 Å². The van der Waals surface area contributed by atoms with Crippen LogP contribution in [0.15, 0.2) is 0 Å². The fourth-order valence-corrected chi connectivity index (χ4v) is 4.05. The molecule has 2 rings (SSSR count). The highest BCUT2D eigenvalue weighted by Crippen LogP contribution is 2.13. The number of hydrogen-bond acceptors (Lipinski definition) is 4. The van der Waals surface area contributed by atoms with Crippen LogP contribution < -0.4 is 5.32 Å². The van der Waals surface area contributed by atoms with E-state index in [2.05, 4.69) is 10.2 Å². The maximum Gasteiger partial charge on any atom is 0.214 e. The molecule has 0 aromatic rings. The lowest BCUT2D eigenvalue weighted by Crippen LogP contribution is -2.48. The zero-order valence-electron chi connectivity index (χ0n) is 10.6. The van der Waals surface area contributed by atoms with Gasteiger partial charge in [0.05, 0.1) is 5.75 Å². The van der Waals surface area contributed by atoms with E-state index in [1.807, 2.05) is 7.05 Å². The zero-order valence-corrected chi connectivity index (χ0v) is 11.4. The van der Waals surface area contributed by atoms with Gasteiger partial charge in [-0.15, -0.1) is 0 Å². The normalized spacial score (nSPS) is 28.6. The predicted octanol–water partition coefficient (Wildman–Crippen LogP) is -0.294. The van der Waals surface area contributed by atoms with Gasteiger partial charge in [0.2, 0.25) is 10.0 Å². The standard InChI is InChI=1S/C11H23N3O2S/c1-13-6-8-14(9-7-13)17(15,16)10-4-11-3-2-5-12-11/h11-12H,2-10H2,1H3. The number of sulfonamides is 1. The predicted molar refractivity (Wildman–Crippen MR) is 68.5 cm³/mol. The second-order valence-electron chi connectivity index (χ2n) is 5.10. The van der Waals surface area contributed by atoms with Crippen molar-refractivity contribution in [1.29, 1.82) is 0 Å². The van der Waals surface area contributed by atoms with Gasteiger partial charge in [0.1, 0.15) is 0 Å². The molecular formula is C11H23N3O2S.